The second-order valence-corrected chi connectivity index (χ2v) is 9.97. The van der Waals surface area contributed by atoms with Gasteiger partial charge in [0.25, 0.3) is 5.56 Å². The lowest BCUT2D eigenvalue weighted by Gasteiger charge is -2.18. The number of ether oxygens (including phenoxy) is 2. The Bertz CT molecular complexity index is 1110. The van der Waals surface area contributed by atoms with E-state index in [0.717, 1.165) is 18.4 Å². The fourth-order valence-corrected chi connectivity index (χ4v) is 4.73. The average molecular weight is 451 g/mol. The third-order valence-corrected chi connectivity index (χ3v) is 6.19. The van der Waals surface area contributed by atoms with Crippen LogP contribution in [0.25, 0.3) is 10.2 Å². The SMILES string of the molecule is Cc1c(C=NNC(=O)OC(C)(C)C)sc2c1c(=O)n(C(C)C)c(=O)n2CC1CCCO1. The zero-order valence-electron chi connectivity index (χ0n) is 18.9. The van der Waals surface area contributed by atoms with E-state index in [0.29, 0.717) is 28.2 Å². The van der Waals surface area contributed by atoms with Crippen LogP contribution in [0.1, 0.15) is 63.9 Å². The van der Waals surface area contributed by atoms with Gasteiger partial charge in [-0.1, -0.05) is 0 Å². The van der Waals surface area contributed by atoms with E-state index < -0.39 is 11.7 Å². The third kappa shape index (κ3) is 5.07. The molecule has 0 saturated carbocycles. The Balaban J connectivity index is 2.03. The van der Waals surface area contributed by atoms with Gasteiger partial charge >= 0.3 is 11.8 Å². The highest BCUT2D eigenvalue weighted by molar-refractivity contribution is 7.20. The molecule has 0 aliphatic carbocycles. The van der Waals surface area contributed by atoms with Crippen LogP contribution in [-0.4, -0.2) is 39.8 Å². The summed E-state index contributed by atoms with van der Waals surface area (Å²) in [7, 11) is 0. The van der Waals surface area contributed by atoms with Crippen molar-refractivity contribution < 1.29 is 14.3 Å². The van der Waals surface area contributed by atoms with Crippen molar-refractivity contribution in [2.45, 2.75) is 78.7 Å². The number of nitrogens with zero attached hydrogens (tertiary/aromatic N) is 3. The first-order valence-electron chi connectivity index (χ1n) is 10.4. The lowest BCUT2D eigenvalue weighted by molar-refractivity contribution is 0.0529. The van der Waals surface area contributed by atoms with E-state index in [-0.39, 0.29) is 23.4 Å². The lowest BCUT2D eigenvalue weighted by atomic mass is 10.2. The molecule has 0 radical (unpaired) electrons. The predicted octanol–water partition coefficient (Wildman–Crippen LogP) is 3.15. The van der Waals surface area contributed by atoms with Crippen LogP contribution in [0, 0.1) is 6.92 Å². The van der Waals surface area contributed by atoms with Gasteiger partial charge in [0.2, 0.25) is 0 Å². The molecule has 3 rings (SSSR count). The Kier molecular flexibility index (Phi) is 6.70. The van der Waals surface area contributed by atoms with Crippen LogP contribution in [0.2, 0.25) is 0 Å². The summed E-state index contributed by atoms with van der Waals surface area (Å²) >= 11 is 1.30. The van der Waals surface area contributed by atoms with Crippen LogP contribution in [0.5, 0.6) is 0 Å². The Morgan fingerprint density at radius 3 is 2.68 bits per heavy atom. The van der Waals surface area contributed by atoms with Crippen LogP contribution >= 0.6 is 11.3 Å². The fourth-order valence-electron chi connectivity index (χ4n) is 3.56. The monoisotopic (exact) mass is 450 g/mol. The Morgan fingerprint density at radius 1 is 1.39 bits per heavy atom. The van der Waals surface area contributed by atoms with Crippen LogP contribution in [0.15, 0.2) is 14.7 Å². The maximum absolute atomic E-state index is 13.2. The zero-order chi connectivity index (χ0) is 22.9. The summed E-state index contributed by atoms with van der Waals surface area (Å²) in [5.41, 5.74) is 1.77. The maximum Gasteiger partial charge on any atom is 0.428 e. The molecule has 0 spiro atoms. The van der Waals surface area contributed by atoms with E-state index in [1.54, 1.807) is 25.3 Å². The number of hydrogen-bond acceptors (Lipinski definition) is 7. The largest absolute Gasteiger partial charge is 0.443 e. The summed E-state index contributed by atoms with van der Waals surface area (Å²) in [5, 5.41) is 4.46. The number of hydrazone groups is 1. The van der Waals surface area contributed by atoms with Crippen molar-refractivity contribution in [1.82, 2.24) is 14.6 Å². The second-order valence-electron chi connectivity index (χ2n) is 8.94. The summed E-state index contributed by atoms with van der Waals surface area (Å²) < 4.78 is 13.8. The average Bonchev–Trinajstić information content (AvgIpc) is 3.25. The van der Waals surface area contributed by atoms with Gasteiger partial charge in [0, 0.05) is 12.6 Å². The smallest absolute Gasteiger partial charge is 0.428 e. The Labute approximate surface area is 184 Å². The summed E-state index contributed by atoms with van der Waals surface area (Å²) in [6, 6.07) is -0.273. The molecule has 1 aliphatic rings. The van der Waals surface area contributed by atoms with Crippen LogP contribution in [0.3, 0.4) is 0 Å². The van der Waals surface area contributed by atoms with Gasteiger partial charge in [-0.2, -0.15) is 5.10 Å². The molecule has 31 heavy (non-hydrogen) atoms. The van der Waals surface area contributed by atoms with Gasteiger partial charge in [0.1, 0.15) is 10.4 Å². The quantitative estimate of drug-likeness (QED) is 0.557. The number of aryl methyl sites for hydroxylation is 1. The predicted molar refractivity (Wildman–Crippen MR) is 121 cm³/mol. The van der Waals surface area contributed by atoms with Crippen molar-refractivity contribution in [3.8, 4) is 0 Å². The van der Waals surface area contributed by atoms with Crippen LogP contribution in [0.4, 0.5) is 4.79 Å². The summed E-state index contributed by atoms with van der Waals surface area (Å²) in [6.45, 7) is 11.8. The molecule has 9 nitrogen and oxygen atoms in total. The molecule has 2 aromatic rings. The molecule has 2 aromatic heterocycles. The van der Waals surface area contributed by atoms with Crippen molar-refractivity contribution >= 4 is 33.9 Å². The molecule has 1 atom stereocenters. The standard InChI is InChI=1S/C21H30N4O5S/c1-12(2)25-17(26)16-13(3)15(10-22-23-19(27)30-21(4,5)6)31-18(16)24(20(25)28)11-14-8-7-9-29-14/h10,12,14H,7-9,11H2,1-6H3,(H,23,27). The first-order valence-corrected chi connectivity index (χ1v) is 11.2. The van der Waals surface area contributed by atoms with Gasteiger partial charge in [0.05, 0.1) is 29.1 Å². The molecule has 3 heterocycles. The van der Waals surface area contributed by atoms with Crippen molar-refractivity contribution in [2.75, 3.05) is 6.61 Å². The number of carbonyl (C=O) groups is 1. The molecule has 10 heteroatoms. The minimum Gasteiger partial charge on any atom is -0.443 e. The van der Waals surface area contributed by atoms with Gasteiger partial charge in [-0.3, -0.25) is 13.9 Å². The van der Waals surface area contributed by atoms with Crippen molar-refractivity contribution in [1.29, 1.82) is 0 Å². The summed E-state index contributed by atoms with van der Waals surface area (Å²) in [5.74, 6) is 0. The van der Waals surface area contributed by atoms with E-state index in [9.17, 15) is 14.4 Å². The van der Waals surface area contributed by atoms with E-state index in [1.807, 2.05) is 20.8 Å². The minimum atomic E-state index is -0.667. The summed E-state index contributed by atoms with van der Waals surface area (Å²) in [4.78, 5) is 39.4. The van der Waals surface area contributed by atoms with E-state index in [4.69, 9.17) is 9.47 Å². The lowest BCUT2D eigenvalue weighted by Crippen LogP contribution is -2.42. The second kappa shape index (κ2) is 8.96. The molecule has 170 valence electrons. The van der Waals surface area contributed by atoms with Gasteiger partial charge in [-0.15, -0.1) is 11.3 Å². The zero-order valence-corrected chi connectivity index (χ0v) is 19.7. The van der Waals surface area contributed by atoms with Gasteiger partial charge in [0.15, 0.2) is 0 Å². The van der Waals surface area contributed by atoms with Crippen molar-refractivity contribution in [3.05, 3.63) is 31.3 Å². The number of rotatable bonds is 5. The van der Waals surface area contributed by atoms with Crippen LogP contribution < -0.4 is 16.7 Å². The summed E-state index contributed by atoms with van der Waals surface area (Å²) in [6.07, 6.45) is 2.61. The number of amides is 1. The molecular formula is C21H30N4O5S. The van der Waals surface area contributed by atoms with Crippen LogP contribution in [-0.2, 0) is 16.0 Å². The van der Waals surface area contributed by atoms with Crippen molar-refractivity contribution in [2.24, 2.45) is 5.10 Å². The molecule has 0 aromatic carbocycles. The first kappa shape index (κ1) is 23.2. The fraction of sp³-hybridized carbons (Fsp3) is 0.619. The third-order valence-electron chi connectivity index (χ3n) is 4.94. The molecule has 1 fully saturated rings. The van der Waals surface area contributed by atoms with Gasteiger partial charge in [-0.05, 0) is 59.9 Å². The van der Waals surface area contributed by atoms with E-state index >= 15 is 0 Å². The highest BCUT2D eigenvalue weighted by atomic mass is 32.1. The minimum absolute atomic E-state index is 0.0487. The number of carbonyl (C=O) groups excluding carboxylic acids is 1. The van der Waals surface area contributed by atoms with Crippen molar-refractivity contribution in [3.63, 3.8) is 0 Å². The number of nitrogens with one attached hydrogen (secondary N) is 1. The molecule has 1 saturated heterocycles. The maximum atomic E-state index is 13.2. The Hall–Kier alpha value is -2.46. The number of aromatic nitrogens is 2. The number of thiophene rings is 1. The molecule has 1 amide bonds. The molecule has 1 aliphatic heterocycles. The van der Waals surface area contributed by atoms with E-state index in [1.165, 1.54) is 22.1 Å². The van der Waals surface area contributed by atoms with Gasteiger partial charge in [-0.25, -0.2) is 15.0 Å². The van der Waals surface area contributed by atoms with Gasteiger partial charge < -0.3 is 9.47 Å². The Morgan fingerprint density at radius 2 is 2.10 bits per heavy atom. The molecule has 1 N–H and O–H groups in total. The first-order chi connectivity index (χ1) is 14.5. The normalized spacial score (nSPS) is 17.2. The van der Waals surface area contributed by atoms with E-state index in [2.05, 4.69) is 10.5 Å². The molecule has 0 bridgehead atoms. The molecular weight excluding hydrogens is 420 g/mol. The molecule has 1 unspecified atom stereocenters. The highest BCUT2D eigenvalue weighted by Gasteiger charge is 2.24. The number of fused-ring (bicyclic) bond motifs is 1. The highest BCUT2D eigenvalue weighted by Crippen LogP contribution is 2.28. The number of hydrogen-bond donors (Lipinski definition) is 1. The topological polar surface area (TPSA) is 104 Å².